The minimum atomic E-state index is -0.605. The zero-order valence-corrected chi connectivity index (χ0v) is 7.24. The van der Waals surface area contributed by atoms with Crippen molar-refractivity contribution in [2.75, 3.05) is 5.29 Å². The van der Waals surface area contributed by atoms with E-state index in [1.165, 1.54) is 12.1 Å². The molecule has 0 aliphatic carbocycles. The number of carbonyl (C=O) groups is 1. The molecule has 4 heteroatoms. The topological polar surface area (TPSA) is 29.5 Å². The molecule has 1 rings (SSSR count). The fourth-order valence-corrected chi connectivity index (χ4v) is 0.752. The summed E-state index contributed by atoms with van der Waals surface area (Å²) in [7, 11) is 0. The summed E-state index contributed by atoms with van der Waals surface area (Å²) in [5.74, 6) is -0.605. The van der Waals surface area contributed by atoms with E-state index in [0.717, 1.165) is 0 Å². The van der Waals surface area contributed by atoms with Crippen LogP contribution in [0.1, 0.15) is 13.3 Å². The second kappa shape index (κ2) is 4.45. The van der Waals surface area contributed by atoms with E-state index in [9.17, 15) is 9.28 Å². The molecule has 0 heterocycles. The number of benzene rings is 1. The molecular formula is C9H10FNO2. The Labute approximate surface area is 75.6 Å². The average molecular weight is 183 g/mol. The van der Waals surface area contributed by atoms with Gasteiger partial charge in [-0.05, 0) is 17.4 Å². The van der Waals surface area contributed by atoms with Crippen molar-refractivity contribution in [1.82, 2.24) is 0 Å². The number of hydrogen-bond acceptors (Lipinski definition) is 3. The highest BCUT2D eigenvalue weighted by atomic mass is 19.2. The lowest BCUT2D eigenvalue weighted by atomic mass is 10.3. The Bertz CT molecular complexity index is 276. The van der Waals surface area contributed by atoms with Gasteiger partial charge in [-0.25, -0.2) is 4.79 Å². The molecule has 0 bridgehead atoms. The third-order valence-electron chi connectivity index (χ3n) is 1.43. The normalized spacial score (nSPS) is 9.38. The monoisotopic (exact) mass is 183 g/mol. The van der Waals surface area contributed by atoms with Crippen LogP contribution < -0.4 is 5.29 Å². The van der Waals surface area contributed by atoms with Gasteiger partial charge in [-0.2, -0.15) is 0 Å². The van der Waals surface area contributed by atoms with E-state index in [0.29, 0.717) is 0 Å². The zero-order valence-electron chi connectivity index (χ0n) is 7.24. The number of carbonyl (C=O) groups excluding carboxylic acids is 1. The minimum Gasteiger partial charge on any atom is -0.311 e. The number of anilines is 1. The fraction of sp³-hybridized carbons (Fsp3) is 0.222. The number of nitrogens with zero attached hydrogens (tertiary/aromatic N) is 1. The molecule has 0 aliphatic heterocycles. The van der Waals surface area contributed by atoms with Crippen molar-refractivity contribution in [1.29, 1.82) is 0 Å². The van der Waals surface area contributed by atoms with Crippen LogP contribution in [0.4, 0.5) is 10.2 Å². The first-order valence-electron chi connectivity index (χ1n) is 3.95. The van der Waals surface area contributed by atoms with Gasteiger partial charge in [0.2, 0.25) is 0 Å². The molecule has 0 unspecified atom stereocenters. The highest BCUT2D eigenvalue weighted by Gasteiger charge is 2.09. The van der Waals surface area contributed by atoms with Crippen LogP contribution in [0.2, 0.25) is 0 Å². The molecule has 0 spiro atoms. The van der Waals surface area contributed by atoms with E-state index in [1.807, 2.05) is 0 Å². The van der Waals surface area contributed by atoms with Gasteiger partial charge in [-0.15, -0.1) is 0 Å². The van der Waals surface area contributed by atoms with E-state index >= 15 is 0 Å². The number of para-hydroxylation sites is 1. The second-order valence-corrected chi connectivity index (χ2v) is 2.40. The predicted octanol–water partition coefficient (Wildman–Crippen LogP) is 2.25. The molecule has 0 radical (unpaired) electrons. The molecule has 0 N–H and O–H groups in total. The summed E-state index contributed by atoms with van der Waals surface area (Å²) in [6.45, 7) is 1.60. The Morgan fingerprint density at radius 1 is 1.46 bits per heavy atom. The standard InChI is InChI=1S/C9H10FNO2/c1-2-9(12)13-11(10)8-6-4-3-5-7-8/h3-7H,2H2,1H3. The Hall–Kier alpha value is -1.58. The van der Waals surface area contributed by atoms with E-state index in [2.05, 4.69) is 4.84 Å². The summed E-state index contributed by atoms with van der Waals surface area (Å²) in [5, 5.41) is -0.0359. The minimum absolute atomic E-state index is 0.0359. The molecule has 3 nitrogen and oxygen atoms in total. The number of rotatable bonds is 3. The Balaban J connectivity index is 2.59. The summed E-state index contributed by atoms with van der Waals surface area (Å²) >= 11 is 0. The highest BCUT2D eigenvalue weighted by molar-refractivity contribution is 5.70. The van der Waals surface area contributed by atoms with Gasteiger partial charge >= 0.3 is 5.97 Å². The smallest absolute Gasteiger partial charge is 0.311 e. The molecule has 0 amide bonds. The predicted molar refractivity (Wildman–Crippen MR) is 46.4 cm³/mol. The molecule has 0 saturated heterocycles. The van der Waals surface area contributed by atoms with E-state index in [1.54, 1.807) is 25.1 Å². The van der Waals surface area contributed by atoms with Crippen molar-refractivity contribution >= 4 is 11.7 Å². The maximum atomic E-state index is 13.0. The van der Waals surface area contributed by atoms with Crippen molar-refractivity contribution in [2.24, 2.45) is 0 Å². The van der Waals surface area contributed by atoms with Crippen molar-refractivity contribution < 1.29 is 14.1 Å². The maximum absolute atomic E-state index is 13.0. The third-order valence-corrected chi connectivity index (χ3v) is 1.43. The van der Waals surface area contributed by atoms with Crippen molar-refractivity contribution in [3.05, 3.63) is 30.3 Å². The summed E-state index contributed by atoms with van der Waals surface area (Å²) in [6.07, 6.45) is 0.146. The van der Waals surface area contributed by atoms with E-state index in [4.69, 9.17) is 0 Å². The van der Waals surface area contributed by atoms with Gasteiger partial charge in [0.1, 0.15) is 5.69 Å². The Morgan fingerprint density at radius 3 is 2.62 bits per heavy atom. The molecule has 70 valence electrons. The molecule has 1 aromatic rings. The molecule has 0 saturated carbocycles. The molecule has 0 fully saturated rings. The van der Waals surface area contributed by atoms with Crippen LogP contribution in [0.3, 0.4) is 0 Å². The van der Waals surface area contributed by atoms with Crippen LogP contribution in [0.15, 0.2) is 30.3 Å². The van der Waals surface area contributed by atoms with Gasteiger partial charge in [0.15, 0.2) is 0 Å². The SMILES string of the molecule is CCC(=O)ON(F)c1ccccc1. The van der Waals surface area contributed by atoms with Crippen LogP contribution in [-0.2, 0) is 9.63 Å². The molecular weight excluding hydrogens is 173 g/mol. The summed E-state index contributed by atoms with van der Waals surface area (Å²) in [6, 6.07) is 8.06. The van der Waals surface area contributed by atoms with E-state index in [-0.39, 0.29) is 17.4 Å². The van der Waals surface area contributed by atoms with Gasteiger partial charge < -0.3 is 4.84 Å². The van der Waals surface area contributed by atoms with Crippen LogP contribution in [0, 0.1) is 0 Å². The highest BCUT2D eigenvalue weighted by Crippen LogP contribution is 2.13. The van der Waals surface area contributed by atoms with Crippen molar-refractivity contribution in [2.45, 2.75) is 13.3 Å². The lowest BCUT2D eigenvalue weighted by molar-refractivity contribution is -0.150. The van der Waals surface area contributed by atoms with Crippen LogP contribution in [0.25, 0.3) is 0 Å². The zero-order chi connectivity index (χ0) is 9.68. The first-order chi connectivity index (χ1) is 6.24. The quantitative estimate of drug-likeness (QED) is 0.531. The first-order valence-corrected chi connectivity index (χ1v) is 3.95. The van der Waals surface area contributed by atoms with E-state index < -0.39 is 5.97 Å². The Morgan fingerprint density at radius 2 is 2.08 bits per heavy atom. The lowest BCUT2D eigenvalue weighted by Gasteiger charge is -2.11. The summed E-state index contributed by atoms with van der Waals surface area (Å²) in [5.41, 5.74) is 0.198. The third kappa shape index (κ3) is 2.74. The van der Waals surface area contributed by atoms with Crippen LogP contribution >= 0.6 is 0 Å². The number of halogens is 1. The summed E-state index contributed by atoms with van der Waals surface area (Å²) < 4.78 is 13.0. The van der Waals surface area contributed by atoms with Gasteiger partial charge in [0.05, 0.1) is 0 Å². The number of hydrogen-bond donors (Lipinski definition) is 0. The van der Waals surface area contributed by atoms with Crippen molar-refractivity contribution in [3.63, 3.8) is 0 Å². The van der Waals surface area contributed by atoms with Gasteiger partial charge in [-0.1, -0.05) is 29.6 Å². The fourth-order valence-electron chi connectivity index (χ4n) is 0.752. The largest absolute Gasteiger partial charge is 0.335 e. The van der Waals surface area contributed by atoms with Gasteiger partial charge in [0, 0.05) is 6.42 Å². The summed E-state index contributed by atoms with van der Waals surface area (Å²) in [4.78, 5) is 15.0. The average Bonchev–Trinajstić information content (AvgIpc) is 2.19. The molecule has 0 aliphatic rings. The van der Waals surface area contributed by atoms with Gasteiger partial charge in [0.25, 0.3) is 0 Å². The van der Waals surface area contributed by atoms with Crippen LogP contribution in [0.5, 0.6) is 0 Å². The molecule has 0 atom stereocenters. The second-order valence-electron chi connectivity index (χ2n) is 2.40. The van der Waals surface area contributed by atoms with Crippen LogP contribution in [-0.4, -0.2) is 5.97 Å². The molecule has 1 aromatic carbocycles. The molecule has 13 heavy (non-hydrogen) atoms. The Kier molecular flexibility index (Phi) is 3.25. The first kappa shape index (κ1) is 9.51. The maximum Gasteiger partial charge on any atom is 0.335 e. The van der Waals surface area contributed by atoms with Crippen molar-refractivity contribution in [3.8, 4) is 0 Å². The lowest BCUT2D eigenvalue weighted by Crippen LogP contribution is -2.17. The van der Waals surface area contributed by atoms with Gasteiger partial charge in [-0.3, -0.25) is 0 Å². The molecule has 0 aromatic heterocycles.